The van der Waals surface area contributed by atoms with Crippen molar-refractivity contribution in [3.05, 3.63) is 59.2 Å². The number of aryl methyl sites for hydroxylation is 1. The Kier molecular flexibility index (Phi) is 5.64. The highest BCUT2D eigenvalue weighted by molar-refractivity contribution is 5.37. The summed E-state index contributed by atoms with van der Waals surface area (Å²) in [6.07, 6.45) is 2.27. The van der Waals surface area contributed by atoms with Crippen LogP contribution in [0, 0.1) is 0 Å². The van der Waals surface area contributed by atoms with Gasteiger partial charge in [-0.1, -0.05) is 37.6 Å². The average molecular weight is 285 g/mol. The van der Waals surface area contributed by atoms with Crippen molar-refractivity contribution in [3.63, 3.8) is 0 Å². The molecule has 0 aromatic heterocycles. The maximum Gasteiger partial charge on any atom is 0.123 e. The molecule has 0 amide bonds. The van der Waals surface area contributed by atoms with Crippen LogP contribution in [0.4, 0.5) is 0 Å². The standard InChI is InChI=1S/C18H23NO2/c1-3-4-14-6-9-17(10-7-14)21-13-15-5-8-16(12-19)18(11-15)20-2/h5-11H,3-4,12-13,19H2,1-2H3. The van der Waals surface area contributed by atoms with E-state index in [4.69, 9.17) is 15.2 Å². The number of ether oxygens (including phenoxy) is 2. The van der Waals surface area contributed by atoms with Crippen molar-refractivity contribution in [2.24, 2.45) is 5.73 Å². The van der Waals surface area contributed by atoms with Crippen molar-refractivity contribution in [1.82, 2.24) is 0 Å². The second-order valence-electron chi connectivity index (χ2n) is 5.03. The van der Waals surface area contributed by atoms with E-state index < -0.39 is 0 Å². The first-order chi connectivity index (χ1) is 10.3. The van der Waals surface area contributed by atoms with Crippen LogP contribution in [0.1, 0.15) is 30.0 Å². The fourth-order valence-corrected chi connectivity index (χ4v) is 2.26. The lowest BCUT2D eigenvalue weighted by Crippen LogP contribution is -2.02. The molecule has 0 heterocycles. The van der Waals surface area contributed by atoms with Gasteiger partial charge < -0.3 is 15.2 Å². The third kappa shape index (κ3) is 4.23. The lowest BCUT2D eigenvalue weighted by Gasteiger charge is -2.11. The number of hydrogen-bond donors (Lipinski definition) is 1. The van der Waals surface area contributed by atoms with E-state index in [0.717, 1.165) is 35.5 Å². The molecule has 3 nitrogen and oxygen atoms in total. The summed E-state index contributed by atoms with van der Waals surface area (Å²) in [5.41, 5.74) is 9.09. The van der Waals surface area contributed by atoms with Crippen LogP contribution < -0.4 is 15.2 Å². The summed E-state index contributed by atoms with van der Waals surface area (Å²) >= 11 is 0. The predicted octanol–water partition coefficient (Wildman–Crippen LogP) is 3.69. The maximum atomic E-state index is 5.81. The molecule has 2 rings (SSSR count). The fourth-order valence-electron chi connectivity index (χ4n) is 2.26. The van der Waals surface area contributed by atoms with Gasteiger partial charge in [0.1, 0.15) is 18.1 Å². The van der Waals surface area contributed by atoms with E-state index in [2.05, 4.69) is 19.1 Å². The quantitative estimate of drug-likeness (QED) is 0.844. The van der Waals surface area contributed by atoms with E-state index in [1.807, 2.05) is 30.3 Å². The Labute approximate surface area is 126 Å². The smallest absolute Gasteiger partial charge is 0.123 e. The highest BCUT2D eigenvalue weighted by atomic mass is 16.5. The van der Waals surface area contributed by atoms with Gasteiger partial charge in [-0.25, -0.2) is 0 Å². The number of hydrogen-bond acceptors (Lipinski definition) is 3. The van der Waals surface area contributed by atoms with Crippen molar-refractivity contribution < 1.29 is 9.47 Å². The Morgan fingerprint density at radius 3 is 2.33 bits per heavy atom. The molecule has 0 aliphatic rings. The zero-order valence-electron chi connectivity index (χ0n) is 12.8. The van der Waals surface area contributed by atoms with Crippen molar-refractivity contribution in [1.29, 1.82) is 0 Å². The molecule has 3 heteroatoms. The number of methoxy groups -OCH3 is 1. The molecular formula is C18H23NO2. The van der Waals surface area contributed by atoms with Crippen LogP contribution in [0.25, 0.3) is 0 Å². The third-order valence-corrected chi connectivity index (χ3v) is 3.44. The average Bonchev–Trinajstić information content (AvgIpc) is 2.54. The van der Waals surface area contributed by atoms with E-state index in [1.54, 1.807) is 7.11 Å². The largest absolute Gasteiger partial charge is 0.496 e. The molecule has 0 saturated carbocycles. The van der Waals surface area contributed by atoms with E-state index in [9.17, 15) is 0 Å². The molecule has 0 fully saturated rings. The molecule has 0 atom stereocenters. The number of benzene rings is 2. The Hall–Kier alpha value is -2.00. The Bertz CT molecular complexity index is 564. The fraction of sp³-hybridized carbons (Fsp3) is 0.333. The minimum atomic E-state index is 0.475. The summed E-state index contributed by atoms with van der Waals surface area (Å²) in [5.74, 6) is 1.70. The Morgan fingerprint density at radius 1 is 1.00 bits per heavy atom. The summed E-state index contributed by atoms with van der Waals surface area (Å²) in [5, 5.41) is 0. The first-order valence-corrected chi connectivity index (χ1v) is 7.34. The molecular weight excluding hydrogens is 262 g/mol. The molecule has 2 aromatic carbocycles. The van der Waals surface area contributed by atoms with Gasteiger partial charge in [0, 0.05) is 12.1 Å². The van der Waals surface area contributed by atoms with Crippen LogP contribution in [0.2, 0.25) is 0 Å². The predicted molar refractivity (Wildman–Crippen MR) is 85.7 cm³/mol. The Balaban J connectivity index is 1.99. The number of rotatable bonds is 7. The molecule has 0 aliphatic heterocycles. The molecule has 0 unspecified atom stereocenters. The van der Waals surface area contributed by atoms with Gasteiger partial charge in [-0.3, -0.25) is 0 Å². The van der Waals surface area contributed by atoms with Crippen molar-refractivity contribution in [3.8, 4) is 11.5 Å². The first-order valence-electron chi connectivity index (χ1n) is 7.34. The van der Waals surface area contributed by atoms with E-state index in [-0.39, 0.29) is 0 Å². The van der Waals surface area contributed by atoms with Crippen LogP contribution in [0.3, 0.4) is 0 Å². The minimum Gasteiger partial charge on any atom is -0.496 e. The Morgan fingerprint density at radius 2 is 1.71 bits per heavy atom. The SMILES string of the molecule is CCCc1ccc(OCc2ccc(CN)c(OC)c2)cc1. The van der Waals surface area contributed by atoms with Gasteiger partial charge >= 0.3 is 0 Å². The molecule has 0 radical (unpaired) electrons. The zero-order chi connectivity index (χ0) is 15.1. The van der Waals surface area contributed by atoms with Gasteiger partial charge in [-0.05, 0) is 35.7 Å². The molecule has 2 N–H and O–H groups in total. The lowest BCUT2D eigenvalue weighted by atomic mass is 10.1. The van der Waals surface area contributed by atoms with E-state index in [1.165, 1.54) is 5.56 Å². The van der Waals surface area contributed by atoms with Crippen LogP contribution in [0.5, 0.6) is 11.5 Å². The molecule has 0 spiro atoms. The second-order valence-corrected chi connectivity index (χ2v) is 5.03. The maximum absolute atomic E-state index is 5.81. The molecule has 0 aliphatic carbocycles. The van der Waals surface area contributed by atoms with Gasteiger partial charge in [0.05, 0.1) is 7.11 Å². The van der Waals surface area contributed by atoms with Crippen molar-refractivity contribution in [2.45, 2.75) is 32.9 Å². The monoisotopic (exact) mass is 285 g/mol. The summed E-state index contributed by atoms with van der Waals surface area (Å²) in [6.45, 7) is 3.18. The minimum absolute atomic E-state index is 0.475. The molecule has 112 valence electrons. The number of nitrogens with two attached hydrogens (primary N) is 1. The van der Waals surface area contributed by atoms with Crippen LogP contribution >= 0.6 is 0 Å². The van der Waals surface area contributed by atoms with Crippen LogP contribution in [-0.4, -0.2) is 7.11 Å². The van der Waals surface area contributed by atoms with Gasteiger partial charge in [-0.15, -0.1) is 0 Å². The highest BCUT2D eigenvalue weighted by Gasteiger charge is 2.04. The van der Waals surface area contributed by atoms with Crippen molar-refractivity contribution in [2.75, 3.05) is 7.11 Å². The van der Waals surface area contributed by atoms with Gasteiger partial charge in [0.2, 0.25) is 0 Å². The molecule has 0 bridgehead atoms. The van der Waals surface area contributed by atoms with Gasteiger partial charge in [-0.2, -0.15) is 0 Å². The summed E-state index contributed by atoms with van der Waals surface area (Å²) in [7, 11) is 1.66. The summed E-state index contributed by atoms with van der Waals surface area (Å²) in [4.78, 5) is 0. The normalized spacial score (nSPS) is 10.4. The lowest BCUT2D eigenvalue weighted by molar-refractivity contribution is 0.305. The van der Waals surface area contributed by atoms with Crippen molar-refractivity contribution >= 4 is 0 Å². The highest BCUT2D eigenvalue weighted by Crippen LogP contribution is 2.21. The van der Waals surface area contributed by atoms with E-state index >= 15 is 0 Å². The van der Waals surface area contributed by atoms with E-state index in [0.29, 0.717) is 13.2 Å². The molecule has 0 saturated heterocycles. The molecule has 2 aromatic rings. The third-order valence-electron chi connectivity index (χ3n) is 3.44. The van der Waals surface area contributed by atoms with Crippen LogP contribution in [-0.2, 0) is 19.6 Å². The topological polar surface area (TPSA) is 44.5 Å². The first kappa shape index (κ1) is 15.4. The van der Waals surface area contributed by atoms with Gasteiger partial charge in [0.15, 0.2) is 0 Å². The second kappa shape index (κ2) is 7.70. The summed E-state index contributed by atoms with van der Waals surface area (Å²) < 4.78 is 11.1. The van der Waals surface area contributed by atoms with Crippen LogP contribution in [0.15, 0.2) is 42.5 Å². The zero-order valence-corrected chi connectivity index (χ0v) is 12.8. The van der Waals surface area contributed by atoms with Gasteiger partial charge in [0.25, 0.3) is 0 Å². The summed E-state index contributed by atoms with van der Waals surface area (Å²) in [6, 6.07) is 14.3. The molecule has 21 heavy (non-hydrogen) atoms.